The predicted octanol–water partition coefficient (Wildman–Crippen LogP) is 1.57. The molecule has 0 aromatic rings. The van der Waals surface area contributed by atoms with E-state index in [1.165, 1.54) is 0 Å². The van der Waals surface area contributed by atoms with Gasteiger partial charge in [-0.15, -0.1) is 0 Å². The predicted molar refractivity (Wildman–Crippen MR) is 66.6 cm³/mol. The summed E-state index contributed by atoms with van der Waals surface area (Å²) in [6, 6.07) is 1.26. The molecule has 2 amide bonds. The Morgan fingerprint density at radius 1 is 1.38 bits per heavy atom. The summed E-state index contributed by atoms with van der Waals surface area (Å²) in [5.74, 6) is 0. The second-order valence-electron chi connectivity index (χ2n) is 4.57. The first-order valence-corrected chi connectivity index (χ1v) is 6.46. The van der Waals surface area contributed by atoms with Crippen molar-refractivity contribution in [1.82, 2.24) is 15.5 Å². The molecule has 4 nitrogen and oxygen atoms in total. The zero-order valence-electron chi connectivity index (χ0n) is 10.8. The van der Waals surface area contributed by atoms with Crippen molar-refractivity contribution in [3.8, 4) is 0 Å². The maximum absolute atomic E-state index is 11.6. The van der Waals surface area contributed by atoms with E-state index in [0.717, 1.165) is 32.4 Å². The second kappa shape index (κ2) is 6.74. The number of piperidine rings is 1. The van der Waals surface area contributed by atoms with Crippen LogP contribution in [0, 0.1) is 0 Å². The average molecular weight is 227 g/mol. The normalized spacial score (nSPS) is 19.6. The fourth-order valence-electron chi connectivity index (χ4n) is 2.03. The highest BCUT2D eigenvalue weighted by molar-refractivity contribution is 5.74. The van der Waals surface area contributed by atoms with E-state index in [-0.39, 0.29) is 6.03 Å². The first kappa shape index (κ1) is 13.3. The molecule has 1 fully saturated rings. The smallest absolute Gasteiger partial charge is 0.317 e. The molecule has 0 radical (unpaired) electrons. The number of likely N-dealkylation sites (tertiary alicyclic amines) is 1. The van der Waals surface area contributed by atoms with Gasteiger partial charge in [0.1, 0.15) is 0 Å². The van der Waals surface area contributed by atoms with Crippen molar-refractivity contribution in [3.05, 3.63) is 0 Å². The summed E-state index contributed by atoms with van der Waals surface area (Å²) < 4.78 is 0. The lowest BCUT2D eigenvalue weighted by atomic mass is 10.0. The summed E-state index contributed by atoms with van der Waals surface area (Å²) in [4.78, 5) is 13.5. The standard InChI is InChI=1S/C12H25N3O/c1-4-10(3)14-11-6-8-15(9-7-11)12(16)13-5-2/h10-11,14H,4-9H2,1-3H3,(H,13,16). The van der Waals surface area contributed by atoms with Gasteiger partial charge in [-0.05, 0) is 33.1 Å². The molecule has 0 bridgehead atoms. The van der Waals surface area contributed by atoms with Crippen molar-refractivity contribution in [3.63, 3.8) is 0 Å². The quantitative estimate of drug-likeness (QED) is 0.765. The fourth-order valence-corrected chi connectivity index (χ4v) is 2.03. The van der Waals surface area contributed by atoms with Gasteiger partial charge in [0.25, 0.3) is 0 Å². The highest BCUT2D eigenvalue weighted by atomic mass is 16.2. The zero-order valence-corrected chi connectivity index (χ0v) is 10.8. The summed E-state index contributed by atoms with van der Waals surface area (Å²) in [6.45, 7) is 8.83. The molecule has 1 unspecified atom stereocenters. The van der Waals surface area contributed by atoms with Crippen molar-refractivity contribution >= 4 is 6.03 Å². The van der Waals surface area contributed by atoms with E-state index in [1.54, 1.807) is 0 Å². The third kappa shape index (κ3) is 4.00. The van der Waals surface area contributed by atoms with E-state index in [0.29, 0.717) is 18.6 Å². The summed E-state index contributed by atoms with van der Waals surface area (Å²) in [5.41, 5.74) is 0. The molecule has 1 rings (SSSR count). The molecule has 1 aliphatic rings. The SMILES string of the molecule is CCNC(=O)N1CCC(NC(C)CC)CC1. The van der Waals surface area contributed by atoms with Gasteiger partial charge in [0.15, 0.2) is 0 Å². The van der Waals surface area contributed by atoms with Gasteiger partial charge < -0.3 is 15.5 Å². The third-order valence-electron chi connectivity index (χ3n) is 3.24. The topological polar surface area (TPSA) is 44.4 Å². The molecule has 1 heterocycles. The fraction of sp³-hybridized carbons (Fsp3) is 0.917. The van der Waals surface area contributed by atoms with Crippen LogP contribution in [0.3, 0.4) is 0 Å². The third-order valence-corrected chi connectivity index (χ3v) is 3.24. The van der Waals surface area contributed by atoms with Crippen LogP contribution < -0.4 is 10.6 Å². The summed E-state index contributed by atoms with van der Waals surface area (Å²) in [7, 11) is 0. The van der Waals surface area contributed by atoms with Crippen molar-refractivity contribution < 1.29 is 4.79 Å². The van der Waals surface area contributed by atoms with E-state index < -0.39 is 0 Å². The number of nitrogens with one attached hydrogen (secondary N) is 2. The minimum atomic E-state index is 0.0875. The Kier molecular flexibility index (Phi) is 5.60. The van der Waals surface area contributed by atoms with Gasteiger partial charge in [0.2, 0.25) is 0 Å². The Bertz CT molecular complexity index is 212. The van der Waals surface area contributed by atoms with Crippen LogP contribution in [0.1, 0.15) is 40.0 Å². The molecule has 2 N–H and O–H groups in total. The van der Waals surface area contributed by atoms with Gasteiger partial charge in [0, 0.05) is 31.7 Å². The number of hydrogen-bond acceptors (Lipinski definition) is 2. The summed E-state index contributed by atoms with van der Waals surface area (Å²) in [6.07, 6.45) is 3.31. The minimum Gasteiger partial charge on any atom is -0.338 e. The lowest BCUT2D eigenvalue weighted by Crippen LogP contribution is -2.49. The molecule has 94 valence electrons. The molecule has 4 heteroatoms. The molecular weight excluding hydrogens is 202 g/mol. The highest BCUT2D eigenvalue weighted by Crippen LogP contribution is 2.11. The molecule has 0 aromatic heterocycles. The Morgan fingerprint density at radius 3 is 2.50 bits per heavy atom. The first-order chi connectivity index (χ1) is 7.67. The van der Waals surface area contributed by atoms with E-state index >= 15 is 0 Å². The van der Waals surface area contributed by atoms with Crippen LogP contribution in [-0.4, -0.2) is 42.6 Å². The highest BCUT2D eigenvalue weighted by Gasteiger charge is 2.22. The largest absolute Gasteiger partial charge is 0.338 e. The van der Waals surface area contributed by atoms with Crippen molar-refractivity contribution in [2.75, 3.05) is 19.6 Å². The molecule has 1 saturated heterocycles. The number of rotatable bonds is 4. The van der Waals surface area contributed by atoms with Gasteiger partial charge in [0.05, 0.1) is 0 Å². The molecule has 1 aliphatic heterocycles. The van der Waals surface area contributed by atoms with E-state index in [4.69, 9.17) is 0 Å². The van der Waals surface area contributed by atoms with Gasteiger partial charge >= 0.3 is 6.03 Å². The first-order valence-electron chi connectivity index (χ1n) is 6.46. The van der Waals surface area contributed by atoms with Crippen LogP contribution in [0.25, 0.3) is 0 Å². The monoisotopic (exact) mass is 227 g/mol. The van der Waals surface area contributed by atoms with Crippen LogP contribution in [0.4, 0.5) is 4.79 Å². The van der Waals surface area contributed by atoms with E-state index in [1.807, 2.05) is 11.8 Å². The number of nitrogens with zero attached hydrogens (tertiary/aromatic N) is 1. The summed E-state index contributed by atoms with van der Waals surface area (Å²) in [5, 5.41) is 6.45. The Morgan fingerprint density at radius 2 is 2.00 bits per heavy atom. The van der Waals surface area contributed by atoms with Crippen LogP contribution in [0.5, 0.6) is 0 Å². The molecule has 0 spiro atoms. The maximum atomic E-state index is 11.6. The van der Waals surface area contributed by atoms with Gasteiger partial charge in [-0.25, -0.2) is 4.79 Å². The average Bonchev–Trinajstić information content (AvgIpc) is 2.30. The van der Waals surface area contributed by atoms with Crippen LogP contribution >= 0.6 is 0 Å². The Labute approximate surface area is 98.8 Å². The summed E-state index contributed by atoms with van der Waals surface area (Å²) >= 11 is 0. The van der Waals surface area contributed by atoms with Crippen LogP contribution in [0.2, 0.25) is 0 Å². The number of urea groups is 1. The molecule has 16 heavy (non-hydrogen) atoms. The van der Waals surface area contributed by atoms with Crippen LogP contribution in [-0.2, 0) is 0 Å². The van der Waals surface area contributed by atoms with Gasteiger partial charge in [-0.2, -0.15) is 0 Å². The van der Waals surface area contributed by atoms with E-state index in [9.17, 15) is 4.79 Å². The van der Waals surface area contributed by atoms with Gasteiger partial charge in [-0.3, -0.25) is 0 Å². The van der Waals surface area contributed by atoms with Crippen molar-refractivity contribution in [1.29, 1.82) is 0 Å². The van der Waals surface area contributed by atoms with Crippen molar-refractivity contribution in [2.24, 2.45) is 0 Å². The number of hydrogen-bond donors (Lipinski definition) is 2. The number of carbonyl (C=O) groups is 1. The van der Waals surface area contributed by atoms with Crippen LogP contribution in [0.15, 0.2) is 0 Å². The lowest BCUT2D eigenvalue weighted by molar-refractivity contribution is 0.174. The molecular formula is C12H25N3O. The maximum Gasteiger partial charge on any atom is 0.317 e. The lowest BCUT2D eigenvalue weighted by Gasteiger charge is -2.33. The molecule has 0 aromatic carbocycles. The molecule has 0 saturated carbocycles. The molecule has 1 atom stereocenters. The Hall–Kier alpha value is -0.770. The number of amides is 2. The van der Waals surface area contributed by atoms with E-state index in [2.05, 4.69) is 24.5 Å². The zero-order chi connectivity index (χ0) is 12.0. The van der Waals surface area contributed by atoms with Gasteiger partial charge in [-0.1, -0.05) is 6.92 Å². The van der Waals surface area contributed by atoms with Crippen molar-refractivity contribution in [2.45, 2.75) is 52.1 Å². The number of carbonyl (C=O) groups excluding carboxylic acids is 1. The second-order valence-corrected chi connectivity index (χ2v) is 4.57. The Balaban J connectivity index is 2.25. The molecule has 0 aliphatic carbocycles. The minimum absolute atomic E-state index is 0.0875.